The highest BCUT2D eigenvalue weighted by molar-refractivity contribution is 5.76. The lowest BCUT2D eigenvalue weighted by molar-refractivity contribution is 0.804. The summed E-state index contributed by atoms with van der Waals surface area (Å²) in [4.78, 5) is 0. The maximum absolute atomic E-state index is 7.03. The van der Waals surface area contributed by atoms with Crippen LogP contribution in [0.25, 0.3) is 0 Å². The van der Waals surface area contributed by atoms with Crippen LogP contribution in [-0.2, 0) is 0 Å². The molecule has 1 aliphatic heterocycles. The summed E-state index contributed by atoms with van der Waals surface area (Å²) in [6.07, 6.45) is 11.0. The van der Waals surface area contributed by atoms with E-state index in [0.29, 0.717) is 6.54 Å². The molecule has 0 aromatic rings. The number of hydrogen-bond acceptors (Lipinski definition) is 3. The zero-order valence-electron chi connectivity index (χ0n) is 6.83. The second kappa shape index (κ2) is 4.51. The summed E-state index contributed by atoms with van der Waals surface area (Å²) in [5, 5.41) is 10.2. The second-order valence-corrected chi connectivity index (χ2v) is 2.49. The van der Waals surface area contributed by atoms with Gasteiger partial charge in [0.05, 0.1) is 11.7 Å². The van der Waals surface area contributed by atoms with Gasteiger partial charge in [-0.1, -0.05) is 24.3 Å². The molecule has 0 radical (unpaired) electrons. The minimum Gasteiger partial charge on any atom is -0.374 e. The average molecular weight is 163 g/mol. The number of hydrogen-bond donors (Lipinski definition) is 3. The normalized spacial score (nSPS) is 22.1. The van der Waals surface area contributed by atoms with Gasteiger partial charge in [0.1, 0.15) is 0 Å². The molecule has 64 valence electrons. The molecule has 0 spiro atoms. The lowest BCUT2D eigenvalue weighted by Gasteiger charge is -2.15. The van der Waals surface area contributed by atoms with Gasteiger partial charge in [0.2, 0.25) is 0 Å². The smallest absolute Gasteiger partial charge is 0.0632 e. The molecule has 1 aliphatic rings. The van der Waals surface area contributed by atoms with E-state index in [2.05, 4.69) is 5.32 Å². The number of nitrogens with one attached hydrogen (secondary N) is 2. The number of nitrogens with two attached hydrogens (primary N) is 1. The van der Waals surface area contributed by atoms with E-state index in [4.69, 9.17) is 11.1 Å². The third kappa shape index (κ3) is 2.36. The van der Waals surface area contributed by atoms with Crippen LogP contribution in [0, 0.1) is 5.41 Å². The van der Waals surface area contributed by atoms with E-state index in [9.17, 15) is 0 Å². The fourth-order valence-corrected chi connectivity index (χ4v) is 0.995. The van der Waals surface area contributed by atoms with Crippen molar-refractivity contribution in [2.75, 3.05) is 6.54 Å². The van der Waals surface area contributed by atoms with Gasteiger partial charge in [0, 0.05) is 12.8 Å². The van der Waals surface area contributed by atoms with Crippen molar-refractivity contribution in [2.45, 2.75) is 6.04 Å². The van der Waals surface area contributed by atoms with E-state index >= 15 is 0 Å². The largest absolute Gasteiger partial charge is 0.374 e. The number of allylic oxidation sites excluding steroid dienone is 3. The first kappa shape index (κ1) is 8.74. The van der Waals surface area contributed by atoms with Crippen LogP contribution in [0.5, 0.6) is 0 Å². The first-order valence-corrected chi connectivity index (χ1v) is 3.89. The molecule has 4 N–H and O–H groups in total. The van der Waals surface area contributed by atoms with Crippen molar-refractivity contribution in [3.63, 3.8) is 0 Å². The molecule has 0 aromatic carbocycles. The SMILES string of the molecule is N=CC1=CC=CC(/C=C/CN)N1. The molecule has 1 atom stereocenters. The van der Waals surface area contributed by atoms with Gasteiger partial charge in [-0.25, -0.2) is 0 Å². The Labute approximate surface area is 72.2 Å². The summed E-state index contributed by atoms with van der Waals surface area (Å²) < 4.78 is 0. The Bertz CT molecular complexity index is 238. The van der Waals surface area contributed by atoms with Gasteiger partial charge in [0.15, 0.2) is 0 Å². The van der Waals surface area contributed by atoms with Crippen LogP contribution < -0.4 is 11.1 Å². The van der Waals surface area contributed by atoms with Gasteiger partial charge >= 0.3 is 0 Å². The Balaban J connectivity index is 2.53. The molecule has 3 heteroatoms. The Kier molecular flexibility index (Phi) is 3.29. The zero-order chi connectivity index (χ0) is 8.81. The van der Waals surface area contributed by atoms with Crippen molar-refractivity contribution in [1.82, 2.24) is 5.32 Å². The summed E-state index contributed by atoms with van der Waals surface area (Å²) in [5.74, 6) is 0. The highest BCUT2D eigenvalue weighted by Gasteiger charge is 2.02. The lowest BCUT2D eigenvalue weighted by atomic mass is 10.1. The summed E-state index contributed by atoms with van der Waals surface area (Å²) in [6.45, 7) is 0.551. The van der Waals surface area contributed by atoms with E-state index in [1.165, 1.54) is 6.21 Å². The van der Waals surface area contributed by atoms with Crippen LogP contribution in [-0.4, -0.2) is 18.8 Å². The molecule has 0 aromatic heterocycles. The fraction of sp³-hybridized carbons (Fsp3) is 0.222. The molecule has 0 aliphatic carbocycles. The van der Waals surface area contributed by atoms with Gasteiger partial charge in [-0.2, -0.15) is 0 Å². The molecule has 0 saturated carbocycles. The Morgan fingerprint density at radius 2 is 2.50 bits per heavy atom. The van der Waals surface area contributed by atoms with E-state index in [-0.39, 0.29) is 6.04 Å². The number of dihydropyridines is 1. The van der Waals surface area contributed by atoms with Crippen LogP contribution in [0.2, 0.25) is 0 Å². The maximum atomic E-state index is 7.03. The van der Waals surface area contributed by atoms with E-state index in [1.54, 1.807) is 0 Å². The fourth-order valence-electron chi connectivity index (χ4n) is 0.995. The van der Waals surface area contributed by atoms with Gasteiger partial charge < -0.3 is 16.5 Å². The predicted molar refractivity (Wildman–Crippen MR) is 51.1 cm³/mol. The molecule has 0 amide bonds. The summed E-state index contributed by atoms with van der Waals surface area (Å²) in [7, 11) is 0. The lowest BCUT2D eigenvalue weighted by Crippen LogP contribution is -2.27. The number of rotatable bonds is 3. The third-order valence-electron chi connectivity index (χ3n) is 1.56. The van der Waals surface area contributed by atoms with Gasteiger partial charge in [-0.3, -0.25) is 0 Å². The topological polar surface area (TPSA) is 61.9 Å². The van der Waals surface area contributed by atoms with Crippen molar-refractivity contribution < 1.29 is 0 Å². The molecular formula is C9H13N3. The van der Waals surface area contributed by atoms with Crippen LogP contribution in [0.15, 0.2) is 36.1 Å². The standard InChI is InChI=1S/C9H13N3/c10-6-2-5-8-3-1-4-9(7-11)12-8/h1-5,7-8,11-12H,6,10H2/b5-2+,11-7?. The highest BCUT2D eigenvalue weighted by atomic mass is 14.9. The maximum Gasteiger partial charge on any atom is 0.0632 e. The second-order valence-electron chi connectivity index (χ2n) is 2.49. The summed E-state index contributed by atoms with van der Waals surface area (Å²) in [6, 6.07) is 0.176. The quantitative estimate of drug-likeness (QED) is 0.420. The van der Waals surface area contributed by atoms with Gasteiger partial charge in [-0.05, 0) is 6.08 Å². The van der Waals surface area contributed by atoms with Crippen molar-refractivity contribution in [2.24, 2.45) is 5.73 Å². The van der Waals surface area contributed by atoms with Gasteiger partial charge in [0.25, 0.3) is 0 Å². The Morgan fingerprint density at radius 1 is 1.67 bits per heavy atom. The predicted octanol–water partition coefficient (Wildman–Crippen LogP) is 0.563. The van der Waals surface area contributed by atoms with Crippen LogP contribution in [0.3, 0.4) is 0 Å². The van der Waals surface area contributed by atoms with Crippen molar-refractivity contribution in [3.8, 4) is 0 Å². The first-order valence-electron chi connectivity index (χ1n) is 3.89. The molecule has 1 unspecified atom stereocenters. The highest BCUT2D eigenvalue weighted by Crippen LogP contribution is 2.00. The molecule has 0 fully saturated rings. The first-order chi connectivity index (χ1) is 5.86. The summed E-state index contributed by atoms with van der Waals surface area (Å²) in [5.41, 5.74) is 6.14. The van der Waals surface area contributed by atoms with Crippen molar-refractivity contribution in [3.05, 3.63) is 36.1 Å². The van der Waals surface area contributed by atoms with Crippen molar-refractivity contribution >= 4 is 6.21 Å². The van der Waals surface area contributed by atoms with Crippen molar-refractivity contribution in [1.29, 1.82) is 5.41 Å². The van der Waals surface area contributed by atoms with Crippen LogP contribution >= 0.6 is 0 Å². The molecular weight excluding hydrogens is 150 g/mol. The molecule has 0 bridgehead atoms. The van der Waals surface area contributed by atoms with Crippen LogP contribution in [0.1, 0.15) is 0 Å². The molecule has 1 heterocycles. The summed E-state index contributed by atoms with van der Waals surface area (Å²) >= 11 is 0. The minimum atomic E-state index is 0.176. The molecule has 0 saturated heterocycles. The molecule has 3 nitrogen and oxygen atoms in total. The minimum absolute atomic E-state index is 0.176. The molecule has 1 rings (SSSR count). The zero-order valence-corrected chi connectivity index (χ0v) is 6.83. The Hall–Kier alpha value is -1.35. The molecule has 12 heavy (non-hydrogen) atoms. The monoisotopic (exact) mass is 163 g/mol. The van der Waals surface area contributed by atoms with E-state index in [1.807, 2.05) is 30.4 Å². The van der Waals surface area contributed by atoms with Crippen LogP contribution in [0.4, 0.5) is 0 Å². The third-order valence-corrected chi connectivity index (χ3v) is 1.56. The Morgan fingerprint density at radius 3 is 3.17 bits per heavy atom. The van der Waals surface area contributed by atoms with E-state index < -0.39 is 0 Å². The average Bonchev–Trinajstić information content (AvgIpc) is 2.15. The van der Waals surface area contributed by atoms with E-state index in [0.717, 1.165) is 5.70 Å². The van der Waals surface area contributed by atoms with Gasteiger partial charge in [-0.15, -0.1) is 0 Å².